The summed E-state index contributed by atoms with van der Waals surface area (Å²) in [5, 5.41) is 5.21. The molecule has 286 valence electrons. The number of nitrogens with zero attached hydrogens (tertiary/aromatic N) is 1. The van der Waals surface area contributed by atoms with E-state index in [1.165, 1.54) is 96.2 Å². The van der Waals surface area contributed by atoms with Crippen LogP contribution in [0.3, 0.4) is 0 Å². The summed E-state index contributed by atoms with van der Waals surface area (Å²) in [6.07, 6.45) is 9.41. The second-order valence-electron chi connectivity index (χ2n) is 16.5. The van der Waals surface area contributed by atoms with E-state index in [9.17, 15) is 0 Å². The van der Waals surface area contributed by atoms with E-state index in [2.05, 4.69) is 219 Å². The third-order valence-electron chi connectivity index (χ3n) is 13.2. The molecule has 8 aromatic carbocycles. The summed E-state index contributed by atoms with van der Waals surface area (Å²) in [4.78, 5) is 2.61. The zero-order chi connectivity index (χ0) is 40.0. The molecule has 0 aliphatic heterocycles. The van der Waals surface area contributed by atoms with Crippen LogP contribution in [0, 0.1) is 18.8 Å². The number of anilines is 3. The standard InChI is InChI=1S/C57H41NS2/c1-36-17-6-11-25-46(36)57(47-26-12-7-18-37(47)2)48-27-13-8-23-45(48)55-49(57)33-39(38-19-4-3-5-20-38)34-51(55)58(40-31-32-43-41-21-9-14-29-52(41)59-54(43)35-40)50-28-16-24-44-42-22-10-15-30-53(42)60-56(44)50/h3-36,46H,1-2H3. The van der Waals surface area contributed by atoms with Gasteiger partial charge in [0.25, 0.3) is 0 Å². The SMILES string of the molecule is Cc1ccccc1C1(C2C=CC=CC2C)c2ccccc2-c2c(N(c3ccc4c(c3)sc3ccccc34)c3cccc4c3sc3ccccc34)cc(-c3ccccc3)cc21. The van der Waals surface area contributed by atoms with Crippen molar-refractivity contribution in [3.8, 4) is 22.3 Å². The first-order chi connectivity index (χ1) is 29.6. The molecular formula is C57H41NS2. The normalized spacial score (nSPS) is 18.1. The number of hydrogen-bond acceptors (Lipinski definition) is 3. The average molecular weight is 804 g/mol. The van der Waals surface area contributed by atoms with Crippen molar-refractivity contribution in [2.45, 2.75) is 19.3 Å². The van der Waals surface area contributed by atoms with Crippen LogP contribution in [0.1, 0.15) is 29.2 Å². The van der Waals surface area contributed by atoms with E-state index in [1.807, 2.05) is 22.7 Å². The summed E-state index contributed by atoms with van der Waals surface area (Å²) in [6, 6.07) is 66.3. The number of fused-ring (bicyclic) bond motifs is 9. The Hall–Kier alpha value is -6.52. The minimum absolute atomic E-state index is 0.180. The van der Waals surface area contributed by atoms with Crippen molar-refractivity contribution in [3.05, 3.63) is 222 Å². The van der Waals surface area contributed by atoms with Gasteiger partial charge >= 0.3 is 0 Å². The predicted molar refractivity (Wildman–Crippen MR) is 260 cm³/mol. The van der Waals surface area contributed by atoms with E-state index in [1.54, 1.807) is 0 Å². The Morgan fingerprint density at radius 1 is 0.483 bits per heavy atom. The molecule has 60 heavy (non-hydrogen) atoms. The van der Waals surface area contributed by atoms with Crippen molar-refractivity contribution in [2.75, 3.05) is 4.90 Å². The van der Waals surface area contributed by atoms with Gasteiger partial charge in [0.05, 0.1) is 21.5 Å². The highest BCUT2D eigenvalue weighted by molar-refractivity contribution is 7.26. The first-order valence-electron chi connectivity index (χ1n) is 21.0. The molecule has 0 spiro atoms. The van der Waals surface area contributed by atoms with E-state index < -0.39 is 5.41 Å². The second-order valence-corrected chi connectivity index (χ2v) is 18.6. The minimum atomic E-state index is -0.456. The van der Waals surface area contributed by atoms with Gasteiger partial charge in [-0.1, -0.05) is 165 Å². The fraction of sp³-hybridized carbons (Fsp3) is 0.0877. The fourth-order valence-electron chi connectivity index (χ4n) is 10.7. The molecular weight excluding hydrogens is 763 g/mol. The Bertz CT molecular complexity index is 3380. The maximum atomic E-state index is 2.61. The maximum absolute atomic E-state index is 2.61. The molecule has 2 aliphatic carbocycles. The Balaban J connectivity index is 1.25. The summed E-state index contributed by atoms with van der Waals surface area (Å²) in [5.74, 6) is 0.482. The average Bonchev–Trinajstić information content (AvgIpc) is 3.96. The van der Waals surface area contributed by atoms with Crippen molar-refractivity contribution < 1.29 is 0 Å². The van der Waals surface area contributed by atoms with Crippen LogP contribution in [-0.2, 0) is 5.41 Å². The van der Waals surface area contributed by atoms with Gasteiger partial charge in [0, 0.05) is 52.8 Å². The third-order valence-corrected chi connectivity index (χ3v) is 15.6. The predicted octanol–water partition coefficient (Wildman–Crippen LogP) is 16.6. The molecule has 3 heteroatoms. The minimum Gasteiger partial charge on any atom is -0.308 e. The lowest BCUT2D eigenvalue weighted by Gasteiger charge is -2.43. The Labute approximate surface area is 358 Å². The van der Waals surface area contributed by atoms with Crippen molar-refractivity contribution in [1.29, 1.82) is 0 Å². The Kier molecular flexibility index (Phi) is 8.13. The fourth-order valence-corrected chi connectivity index (χ4v) is 13.0. The molecule has 12 rings (SSSR count). The van der Waals surface area contributed by atoms with Crippen molar-refractivity contribution in [1.82, 2.24) is 0 Å². The summed E-state index contributed by atoms with van der Waals surface area (Å²) in [7, 11) is 0. The molecule has 0 saturated carbocycles. The van der Waals surface area contributed by atoms with E-state index in [0.717, 1.165) is 5.69 Å². The van der Waals surface area contributed by atoms with Crippen LogP contribution < -0.4 is 4.90 Å². The first kappa shape index (κ1) is 35.4. The van der Waals surface area contributed by atoms with Crippen LogP contribution in [0.25, 0.3) is 62.6 Å². The first-order valence-corrected chi connectivity index (χ1v) is 22.6. The Morgan fingerprint density at radius 2 is 1.15 bits per heavy atom. The molecule has 0 amide bonds. The monoisotopic (exact) mass is 803 g/mol. The van der Waals surface area contributed by atoms with Crippen LogP contribution in [0.5, 0.6) is 0 Å². The molecule has 0 N–H and O–H groups in total. The molecule has 0 bridgehead atoms. The van der Waals surface area contributed by atoms with Crippen LogP contribution >= 0.6 is 22.7 Å². The van der Waals surface area contributed by atoms with E-state index in [-0.39, 0.29) is 5.92 Å². The zero-order valence-electron chi connectivity index (χ0n) is 33.5. The van der Waals surface area contributed by atoms with Gasteiger partial charge < -0.3 is 4.90 Å². The number of aryl methyl sites for hydroxylation is 1. The van der Waals surface area contributed by atoms with Crippen LogP contribution in [0.4, 0.5) is 17.1 Å². The van der Waals surface area contributed by atoms with E-state index in [0.29, 0.717) is 5.92 Å². The number of allylic oxidation sites excluding steroid dienone is 4. The van der Waals surface area contributed by atoms with Crippen molar-refractivity contribution in [2.24, 2.45) is 11.8 Å². The number of benzene rings is 8. The number of rotatable bonds is 6. The highest BCUT2D eigenvalue weighted by Crippen LogP contribution is 2.63. The van der Waals surface area contributed by atoms with Gasteiger partial charge in [0.2, 0.25) is 0 Å². The second kappa shape index (κ2) is 13.8. The topological polar surface area (TPSA) is 3.24 Å². The van der Waals surface area contributed by atoms with E-state index in [4.69, 9.17) is 0 Å². The summed E-state index contributed by atoms with van der Waals surface area (Å²) >= 11 is 3.78. The van der Waals surface area contributed by atoms with Gasteiger partial charge in [0.15, 0.2) is 0 Å². The quantitative estimate of drug-likeness (QED) is 0.162. The molecule has 10 aromatic rings. The number of hydrogen-bond donors (Lipinski definition) is 0. The van der Waals surface area contributed by atoms with Crippen LogP contribution in [0.2, 0.25) is 0 Å². The van der Waals surface area contributed by atoms with E-state index >= 15 is 0 Å². The van der Waals surface area contributed by atoms with Gasteiger partial charge in [-0.25, -0.2) is 0 Å². The van der Waals surface area contributed by atoms with Gasteiger partial charge in [-0.2, -0.15) is 0 Å². The lowest BCUT2D eigenvalue weighted by Crippen LogP contribution is -2.39. The summed E-state index contributed by atoms with van der Waals surface area (Å²) < 4.78 is 5.20. The van der Waals surface area contributed by atoms with Crippen molar-refractivity contribution in [3.63, 3.8) is 0 Å². The van der Waals surface area contributed by atoms with Gasteiger partial charge in [0.1, 0.15) is 0 Å². The summed E-state index contributed by atoms with van der Waals surface area (Å²) in [5.41, 5.74) is 13.5. The third kappa shape index (κ3) is 5.16. The smallest absolute Gasteiger partial charge is 0.0640 e. The lowest BCUT2D eigenvalue weighted by molar-refractivity contribution is 0.373. The Morgan fingerprint density at radius 3 is 1.97 bits per heavy atom. The molecule has 3 atom stereocenters. The maximum Gasteiger partial charge on any atom is 0.0640 e. The number of thiophene rings is 2. The van der Waals surface area contributed by atoms with Crippen LogP contribution in [-0.4, -0.2) is 0 Å². The molecule has 3 unspecified atom stereocenters. The van der Waals surface area contributed by atoms with Crippen molar-refractivity contribution >= 4 is 80.1 Å². The molecule has 2 aliphatic rings. The highest BCUT2D eigenvalue weighted by atomic mass is 32.1. The zero-order valence-corrected chi connectivity index (χ0v) is 35.1. The molecule has 0 radical (unpaired) electrons. The molecule has 2 heterocycles. The largest absolute Gasteiger partial charge is 0.308 e. The van der Waals surface area contributed by atoms with Crippen LogP contribution in [0.15, 0.2) is 200 Å². The highest BCUT2D eigenvalue weighted by Gasteiger charge is 2.52. The molecule has 0 fully saturated rings. The molecule has 1 nitrogen and oxygen atoms in total. The molecule has 0 saturated heterocycles. The lowest BCUT2D eigenvalue weighted by atomic mass is 9.59. The van der Waals surface area contributed by atoms with Gasteiger partial charge in [-0.15, -0.1) is 22.7 Å². The van der Waals surface area contributed by atoms with Gasteiger partial charge in [-0.3, -0.25) is 0 Å². The van der Waals surface area contributed by atoms with Gasteiger partial charge in [-0.05, 0) is 94.3 Å². The summed E-state index contributed by atoms with van der Waals surface area (Å²) in [6.45, 7) is 4.71. The molecule has 2 aromatic heterocycles.